The number of nitrogens with one attached hydrogen (secondary N) is 2. The second-order valence-electron chi connectivity index (χ2n) is 6.46. The van der Waals surface area contributed by atoms with Crippen molar-refractivity contribution < 1.29 is 9.13 Å². The van der Waals surface area contributed by atoms with Crippen molar-refractivity contribution >= 4 is 5.96 Å². The highest BCUT2D eigenvalue weighted by molar-refractivity contribution is 5.79. The predicted molar refractivity (Wildman–Crippen MR) is 109 cm³/mol. The van der Waals surface area contributed by atoms with Crippen molar-refractivity contribution in [1.29, 1.82) is 0 Å². The van der Waals surface area contributed by atoms with Gasteiger partial charge in [0.1, 0.15) is 11.6 Å². The highest BCUT2D eigenvalue weighted by Gasteiger charge is 2.15. The molecule has 0 aliphatic rings. The van der Waals surface area contributed by atoms with Crippen molar-refractivity contribution in [3.8, 4) is 5.75 Å². The third-order valence-corrected chi connectivity index (χ3v) is 4.24. The molecule has 0 saturated carbocycles. The molecule has 0 bridgehead atoms. The number of hydrogen-bond acceptors (Lipinski definition) is 3. The van der Waals surface area contributed by atoms with E-state index in [1.54, 1.807) is 19.2 Å². The Morgan fingerprint density at radius 3 is 2.48 bits per heavy atom. The number of halogens is 1. The number of hydrogen-bond donors (Lipinski definition) is 2. The first-order valence-electron chi connectivity index (χ1n) is 9.10. The molecule has 0 radical (unpaired) electrons. The number of aliphatic imine (C=N–C) groups is 1. The van der Waals surface area contributed by atoms with Gasteiger partial charge in [0.2, 0.25) is 0 Å². The Kier molecular flexibility index (Phi) is 8.07. The molecule has 2 N–H and O–H groups in total. The van der Waals surface area contributed by atoms with Crippen LogP contribution in [0.3, 0.4) is 0 Å². The van der Waals surface area contributed by atoms with Crippen LogP contribution in [0.1, 0.15) is 24.1 Å². The van der Waals surface area contributed by atoms with E-state index in [2.05, 4.69) is 20.5 Å². The third kappa shape index (κ3) is 6.57. The van der Waals surface area contributed by atoms with Gasteiger partial charge in [-0.2, -0.15) is 0 Å². The number of rotatable bonds is 8. The fourth-order valence-corrected chi connectivity index (χ4v) is 2.75. The first kappa shape index (κ1) is 20.7. The van der Waals surface area contributed by atoms with Crippen molar-refractivity contribution in [1.82, 2.24) is 15.5 Å². The van der Waals surface area contributed by atoms with Crippen LogP contribution in [-0.2, 0) is 6.54 Å². The normalized spacial score (nSPS) is 12.7. The highest BCUT2D eigenvalue weighted by Crippen LogP contribution is 2.18. The maximum Gasteiger partial charge on any atom is 0.191 e. The summed E-state index contributed by atoms with van der Waals surface area (Å²) in [6.07, 6.45) is 0. The fourth-order valence-electron chi connectivity index (χ4n) is 2.75. The molecule has 5 nitrogen and oxygen atoms in total. The summed E-state index contributed by atoms with van der Waals surface area (Å²) in [5.74, 6) is 1.34. The van der Waals surface area contributed by atoms with Gasteiger partial charge in [0, 0.05) is 13.1 Å². The molecule has 1 unspecified atom stereocenters. The van der Waals surface area contributed by atoms with Gasteiger partial charge < -0.3 is 20.3 Å². The van der Waals surface area contributed by atoms with Crippen LogP contribution in [0.25, 0.3) is 0 Å². The minimum atomic E-state index is -0.223. The Morgan fingerprint density at radius 2 is 1.89 bits per heavy atom. The van der Waals surface area contributed by atoms with E-state index in [9.17, 15) is 4.39 Å². The van der Waals surface area contributed by atoms with E-state index in [0.29, 0.717) is 13.1 Å². The molecule has 2 aromatic carbocycles. The molecule has 2 rings (SSSR count). The first-order chi connectivity index (χ1) is 13.0. The van der Waals surface area contributed by atoms with Gasteiger partial charge in [0.25, 0.3) is 0 Å². The molecular weight excluding hydrogens is 343 g/mol. The molecule has 1 atom stereocenters. The van der Waals surface area contributed by atoms with Crippen molar-refractivity contribution in [2.24, 2.45) is 4.99 Å². The summed E-state index contributed by atoms with van der Waals surface area (Å²) in [6, 6.07) is 14.6. The Labute approximate surface area is 161 Å². The summed E-state index contributed by atoms with van der Waals surface area (Å²) in [6.45, 7) is 3.97. The van der Waals surface area contributed by atoms with E-state index in [1.165, 1.54) is 6.07 Å². The van der Waals surface area contributed by atoms with Gasteiger partial charge in [0.15, 0.2) is 5.96 Å². The minimum absolute atomic E-state index is 0.0329. The Balaban J connectivity index is 2.04. The highest BCUT2D eigenvalue weighted by atomic mass is 19.1. The average Bonchev–Trinajstić information content (AvgIpc) is 2.66. The molecule has 6 heteroatoms. The topological polar surface area (TPSA) is 48.9 Å². The monoisotopic (exact) mass is 372 g/mol. The molecule has 0 heterocycles. The molecule has 0 aliphatic heterocycles. The largest absolute Gasteiger partial charge is 0.497 e. The Bertz CT molecular complexity index is 731. The number of ether oxygens (including phenoxy) is 1. The number of likely N-dealkylation sites (N-methyl/N-ethyl adjacent to an activating group) is 1. The zero-order valence-corrected chi connectivity index (χ0v) is 16.5. The van der Waals surface area contributed by atoms with E-state index in [4.69, 9.17) is 4.74 Å². The van der Waals surface area contributed by atoms with Gasteiger partial charge in [-0.3, -0.25) is 0 Å². The maximum atomic E-state index is 13.6. The van der Waals surface area contributed by atoms with Gasteiger partial charge in [-0.15, -0.1) is 0 Å². The summed E-state index contributed by atoms with van der Waals surface area (Å²) in [5.41, 5.74) is 2.03. The first-order valence-corrected chi connectivity index (χ1v) is 9.10. The van der Waals surface area contributed by atoms with E-state index < -0.39 is 0 Å². The summed E-state index contributed by atoms with van der Waals surface area (Å²) in [4.78, 5) is 6.71. The van der Waals surface area contributed by atoms with Crippen LogP contribution in [0, 0.1) is 5.82 Å². The zero-order valence-electron chi connectivity index (χ0n) is 16.5. The Hall–Kier alpha value is -2.60. The van der Waals surface area contributed by atoms with Crippen molar-refractivity contribution in [2.75, 3.05) is 34.3 Å². The molecule has 0 aromatic heterocycles. The van der Waals surface area contributed by atoms with E-state index in [0.717, 1.165) is 29.4 Å². The number of methoxy groups -OCH3 is 1. The van der Waals surface area contributed by atoms with Crippen LogP contribution in [0.2, 0.25) is 0 Å². The molecule has 146 valence electrons. The molecule has 2 aromatic rings. The third-order valence-electron chi connectivity index (χ3n) is 4.24. The lowest BCUT2D eigenvalue weighted by atomic mass is 10.1. The van der Waals surface area contributed by atoms with E-state index in [1.807, 2.05) is 51.4 Å². The van der Waals surface area contributed by atoms with Crippen LogP contribution in [0.4, 0.5) is 4.39 Å². The standard InChI is InChI=1S/C21H29FN4O/c1-5-23-21(24-14-16-9-11-19(27-4)12-10-16)25-15-20(26(2)3)17-7-6-8-18(22)13-17/h6-13,20H,5,14-15H2,1-4H3,(H2,23,24,25). The smallest absolute Gasteiger partial charge is 0.191 e. The number of nitrogens with zero attached hydrogens (tertiary/aromatic N) is 2. The lowest BCUT2D eigenvalue weighted by Crippen LogP contribution is -2.41. The number of guanidine groups is 1. The molecule has 27 heavy (non-hydrogen) atoms. The molecule has 0 saturated heterocycles. The van der Waals surface area contributed by atoms with Crippen LogP contribution in [-0.4, -0.2) is 45.2 Å². The van der Waals surface area contributed by atoms with Gasteiger partial charge in [-0.25, -0.2) is 9.38 Å². The summed E-state index contributed by atoms with van der Waals surface area (Å²) in [7, 11) is 5.62. The Morgan fingerprint density at radius 1 is 1.15 bits per heavy atom. The van der Waals surface area contributed by atoms with Crippen LogP contribution >= 0.6 is 0 Å². The van der Waals surface area contributed by atoms with E-state index >= 15 is 0 Å². The molecule has 0 fully saturated rings. The van der Waals surface area contributed by atoms with Crippen molar-refractivity contribution in [3.05, 3.63) is 65.5 Å². The van der Waals surface area contributed by atoms with Crippen LogP contribution < -0.4 is 15.4 Å². The van der Waals surface area contributed by atoms with Crippen LogP contribution in [0.15, 0.2) is 53.5 Å². The van der Waals surface area contributed by atoms with Gasteiger partial charge >= 0.3 is 0 Å². The lowest BCUT2D eigenvalue weighted by molar-refractivity contribution is 0.297. The second kappa shape index (κ2) is 10.5. The SMILES string of the molecule is CCNC(=NCc1ccc(OC)cc1)NCC(c1cccc(F)c1)N(C)C. The minimum Gasteiger partial charge on any atom is -0.497 e. The fraction of sp³-hybridized carbons (Fsp3) is 0.381. The summed E-state index contributed by atoms with van der Waals surface area (Å²) in [5, 5.41) is 6.62. The van der Waals surface area contributed by atoms with E-state index in [-0.39, 0.29) is 11.9 Å². The molecule has 0 amide bonds. The maximum absolute atomic E-state index is 13.6. The molecular formula is C21H29FN4O. The van der Waals surface area contributed by atoms with Gasteiger partial charge in [-0.1, -0.05) is 24.3 Å². The molecule has 0 aliphatic carbocycles. The second-order valence-corrected chi connectivity index (χ2v) is 6.46. The predicted octanol–water partition coefficient (Wildman–Crippen LogP) is 3.19. The average molecular weight is 372 g/mol. The lowest BCUT2D eigenvalue weighted by Gasteiger charge is -2.26. The zero-order chi connectivity index (χ0) is 19.6. The van der Waals surface area contributed by atoms with Crippen LogP contribution in [0.5, 0.6) is 5.75 Å². The summed E-state index contributed by atoms with van der Waals surface area (Å²) < 4.78 is 18.8. The quantitative estimate of drug-likeness (QED) is 0.552. The van der Waals surface area contributed by atoms with Gasteiger partial charge in [0.05, 0.1) is 19.7 Å². The van der Waals surface area contributed by atoms with Crippen molar-refractivity contribution in [3.63, 3.8) is 0 Å². The number of benzene rings is 2. The summed E-state index contributed by atoms with van der Waals surface area (Å²) >= 11 is 0. The van der Waals surface area contributed by atoms with Gasteiger partial charge in [-0.05, 0) is 56.4 Å². The molecule has 0 spiro atoms. The van der Waals surface area contributed by atoms with Crippen molar-refractivity contribution in [2.45, 2.75) is 19.5 Å².